The molecular weight excluding hydrogens is 356 g/mol. The predicted octanol–water partition coefficient (Wildman–Crippen LogP) is 4.51. The number of phenolic OH excluding ortho intramolecular Hbond substituents is 1. The average Bonchev–Trinajstić information content (AvgIpc) is 2.44. The van der Waals surface area contributed by atoms with Gasteiger partial charge in [0.05, 0.1) is 15.7 Å². The minimum Gasteiger partial charge on any atom is -0.506 e. The zero-order valence-electron chi connectivity index (χ0n) is 10.9. The largest absolute Gasteiger partial charge is 0.506 e. The molecule has 8 heteroatoms. The van der Waals surface area contributed by atoms with Crippen LogP contribution >= 0.6 is 34.8 Å². The van der Waals surface area contributed by atoms with Crippen molar-refractivity contribution in [3.63, 3.8) is 0 Å². The molecule has 0 heterocycles. The van der Waals surface area contributed by atoms with Crippen molar-refractivity contribution < 1.29 is 19.0 Å². The van der Waals surface area contributed by atoms with Gasteiger partial charge in [0.2, 0.25) is 0 Å². The van der Waals surface area contributed by atoms with Gasteiger partial charge >= 0.3 is 0 Å². The minimum atomic E-state index is -0.820. The molecule has 4 nitrogen and oxygen atoms in total. The Bertz CT molecular complexity index is 725. The van der Waals surface area contributed by atoms with Crippen LogP contribution in [-0.2, 0) is 4.79 Å². The molecule has 0 spiro atoms. The summed E-state index contributed by atoms with van der Waals surface area (Å²) in [7, 11) is 0. The molecule has 0 saturated carbocycles. The lowest BCUT2D eigenvalue weighted by molar-refractivity contribution is -0.118. The van der Waals surface area contributed by atoms with Gasteiger partial charge < -0.3 is 15.2 Å². The first kappa shape index (κ1) is 16.7. The molecule has 0 fully saturated rings. The smallest absolute Gasteiger partial charge is 0.262 e. The van der Waals surface area contributed by atoms with Crippen molar-refractivity contribution in [1.82, 2.24) is 0 Å². The summed E-state index contributed by atoms with van der Waals surface area (Å²) in [5.74, 6) is -1.58. The Kier molecular flexibility index (Phi) is 5.34. The van der Waals surface area contributed by atoms with Crippen molar-refractivity contribution in [2.45, 2.75) is 0 Å². The summed E-state index contributed by atoms with van der Waals surface area (Å²) in [6.45, 7) is -0.390. The fourth-order valence-corrected chi connectivity index (χ4v) is 2.18. The number of benzene rings is 2. The summed E-state index contributed by atoms with van der Waals surface area (Å²) in [6.07, 6.45) is 0. The molecule has 0 radical (unpaired) electrons. The van der Waals surface area contributed by atoms with E-state index in [-0.39, 0.29) is 28.1 Å². The molecule has 2 aromatic carbocycles. The van der Waals surface area contributed by atoms with Crippen molar-refractivity contribution >= 4 is 46.4 Å². The van der Waals surface area contributed by atoms with E-state index in [2.05, 4.69) is 5.32 Å². The van der Waals surface area contributed by atoms with E-state index in [4.69, 9.17) is 39.5 Å². The Balaban J connectivity index is 2.00. The Morgan fingerprint density at radius 1 is 1.18 bits per heavy atom. The molecule has 0 atom stereocenters. The molecule has 0 aromatic heterocycles. The molecular formula is C14H9Cl3FNO3. The summed E-state index contributed by atoms with van der Waals surface area (Å²) < 4.78 is 18.8. The number of carbonyl (C=O) groups is 1. The van der Waals surface area contributed by atoms with E-state index in [0.29, 0.717) is 5.02 Å². The normalized spacial score (nSPS) is 10.4. The van der Waals surface area contributed by atoms with Gasteiger partial charge in [0.25, 0.3) is 5.91 Å². The van der Waals surface area contributed by atoms with Gasteiger partial charge in [-0.3, -0.25) is 4.79 Å². The Labute approximate surface area is 140 Å². The van der Waals surface area contributed by atoms with Crippen LogP contribution < -0.4 is 10.1 Å². The van der Waals surface area contributed by atoms with Gasteiger partial charge in [-0.05, 0) is 24.3 Å². The molecule has 0 unspecified atom stereocenters. The number of carbonyl (C=O) groups excluding carboxylic acids is 1. The third kappa shape index (κ3) is 4.16. The lowest BCUT2D eigenvalue weighted by Crippen LogP contribution is -2.20. The second-order valence-corrected chi connectivity index (χ2v) is 5.45. The molecule has 0 aliphatic heterocycles. The molecule has 1 amide bonds. The van der Waals surface area contributed by atoms with Crippen LogP contribution in [0.5, 0.6) is 11.5 Å². The van der Waals surface area contributed by atoms with Crippen molar-refractivity contribution in [2.24, 2.45) is 0 Å². The standard InChI is InChI=1S/C14H9Cl3FNO3/c15-7-1-2-13(9(17)3-7)22-6-14(21)19-11-4-8(16)12(20)5-10(11)18/h1-5,20H,6H2,(H,19,21). The Morgan fingerprint density at radius 2 is 1.91 bits per heavy atom. The third-order valence-corrected chi connectivity index (χ3v) is 3.40. The van der Waals surface area contributed by atoms with Crippen molar-refractivity contribution in [1.29, 1.82) is 0 Å². The number of phenols is 1. The lowest BCUT2D eigenvalue weighted by Gasteiger charge is -2.10. The first-order chi connectivity index (χ1) is 10.4. The molecule has 0 saturated heterocycles. The van der Waals surface area contributed by atoms with Crippen LogP contribution in [-0.4, -0.2) is 17.6 Å². The van der Waals surface area contributed by atoms with E-state index in [1.165, 1.54) is 12.1 Å². The monoisotopic (exact) mass is 363 g/mol. The summed E-state index contributed by atoms with van der Waals surface area (Å²) in [6, 6.07) is 6.43. The van der Waals surface area contributed by atoms with E-state index in [0.717, 1.165) is 12.1 Å². The third-order valence-electron chi connectivity index (χ3n) is 2.56. The highest BCUT2D eigenvalue weighted by molar-refractivity contribution is 6.35. The summed E-state index contributed by atoms with van der Waals surface area (Å²) >= 11 is 17.3. The first-order valence-corrected chi connectivity index (χ1v) is 7.06. The second kappa shape index (κ2) is 7.05. The first-order valence-electron chi connectivity index (χ1n) is 5.92. The minimum absolute atomic E-state index is 0.0848. The molecule has 22 heavy (non-hydrogen) atoms. The van der Waals surface area contributed by atoms with Crippen molar-refractivity contribution in [2.75, 3.05) is 11.9 Å². The van der Waals surface area contributed by atoms with Gasteiger partial charge in [0, 0.05) is 11.1 Å². The van der Waals surface area contributed by atoms with Crippen LogP contribution in [0.1, 0.15) is 0 Å². The highest BCUT2D eigenvalue weighted by atomic mass is 35.5. The molecule has 2 rings (SSSR count). The molecule has 2 aromatic rings. The zero-order chi connectivity index (χ0) is 16.3. The number of hydrogen-bond acceptors (Lipinski definition) is 3. The maximum atomic E-state index is 13.6. The van der Waals surface area contributed by atoms with E-state index >= 15 is 0 Å². The van der Waals surface area contributed by atoms with Crippen LogP contribution in [0.25, 0.3) is 0 Å². The van der Waals surface area contributed by atoms with Gasteiger partial charge in [-0.1, -0.05) is 34.8 Å². The van der Waals surface area contributed by atoms with Crippen LogP contribution in [0.2, 0.25) is 15.1 Å². The summed E-state index contributed by atoms with van der Waals surface area (Å²) in [4.78, 5) is 11.7. The maximum Gasteiger partial charge on any atom is 0.262 e. The average molecular weight is 365 g/mol. The van der Waals surface area contributed by atoms with Crippen molar-refractivity contribution in [3.05, 3.63) is 51.2 Å². The Morgan fingerprint density at radius 3 is 2.59 bits per heavy atom. The number of anilines is 1. The van der Waals surface area contributed by atoms with E-state index in [1.54, 1.807) is 6.07 Å². The van der Waals surface area contributed by atoms with Crippen molar-refractivity contribution in [3.8, 4) is 11.5 Å². The van der Waals surface area contributed by atoms with E-state index in [1.807, 2.05) is 0 Å². The topological polar surface area (TPSA) is 58.6 Å². The zero-order valence-corrected chi connectivity index (χ0v) is 13.1. The number of nitrogens with one attached hydrogen (secondary N) is 1. The van der Waals surface area contributed by atoms with E-state index < -0.39 is 17.5 Å². The van der Waals surface area contributed by atoms with Crippen LogP contribution in [0.15, 0.2) is 30.3 Å². The van der Waals surface area contributed by atoms with Crippen LogP contribution in [0.4, 0.5) is 10.1 Å². The van der Waals surface area contributed by atoms with Gasteiger partial charge in [0.15, 0.2) is 6.61 Å². The predicted molar refractivity (Wildman–Crippen MR) is 83.7 cm³/mol. The lowest BCUT2D eigenvalue weighted by atomic mass is 10.3. The molecule has 0 aliphatic rings. The van der Waals surface area contributed by atoms with Crippen LogP contribution in [0.3, 0.4) is 0 Å². The van der Waals surface area contributed by atoms with Gasteiger partial charge in [-0.2, -0.15) is 0 Å². The number of aromatic hydroxyl groups is 1. The fraction of sp³-hybridized carbons (Fsp3) is 0.0714. The summed E-state index contributed by atoms with van der Waals surface area (Å²) in [5, 5.41) is 12.1. The highest BCUT2D eigenvalue weighted by Crippen LogP contribution is 2.29. The van der Waals surface area contributed by atoms with Gasteiger partial charge in [-0.15, -0.1) is 0 Å². The molecule has 116 valence electrons. The number of rotatable bonds is 4. The van der Waals surface area contributed by atoms with Gasteiger partial charge in [0.1, 0.15) is 17.3 Å². The fourth-order valence-electron chi connectivity index (χ4n) is 1.55. The summed E-state index contributed by atoms with van der Waals surface area (Å²) in [5.41, 5.74) is -0.168. The SMILES string of the molecule is O=C(COc1ccc(Cl)cc1Cl)Nc1cc(Cl)c(O)cc1F. The molecule has 2 N–H and O–H groups in total. The number of amides is 1. The maximum absolute atomic E-state index is 13.6. The quantitative estimate of drug-likeness (QED) is 0.785. The second-order valence-electron chi connectivity index (χ2n) is 4.20. The van der Waals surface area contributed by atoms with Crippen LogP contribution in [0, 0.1) is 5.82 Å². The van der Waals surface area contributed by atoms with E-state index in [9.17, 15) is 14.3 Å². The molecule has 0 aliphatic carbocycles. The number of ether oxygens (including phenoxy) is 1. The highest BCUT2D eigenvalue weighted by Gasteiger charge is 2.12. The number of hydrogen-bond donors (Lipinski definition) is 2. The molecule has 0 bridgehead atoms. The van der Waals surface area contributed by atoms with Gasteiger partial charge in [-0.25, -0.2) is 4.39 Å². The number of halogens is 4. The Hall–Kier alpha value is -1.69.